The van der Waals surface area contributed by atoms with Gasteiger partial charge >= 0.3 is 0 Å². The molecule has 0 bridgehead atoms. The summed E-state index contributed by atoms with van der Waals surface area (Å²) in [4.78, 5) is 8.98. The molecule has 2 heterocycles. The molecule has 142 valence electrons. The Kier molecular flexibility index (Phi) is 6.59. The molecule has 0 aliphatic rings. The third-order valence-corrected chi connectivity index (χ3v) is 5.04. The van der Waals surface area contributed by atoms with Crippen molar-refractivity contribution in [2.24, 2.45) is 4.99 Å². The number of hydrogen-bond donors (Lipinski definition) is 2. The topological polar surface area (TPSA) is 67.1 Å². The average Bonchev–Trinajstić information content (AvgIpc) is 3.28. The van der Waals surface area contributed by atoms with Gasteiger partial charge in [0.15, 0.2) is 5.96 Å². The molecule has 3 rings (SSSR count). The summed E-state index contributed by atoms with van der Waals surface area (Å²) >= 11 is 1.66. The van der Waals surface area contributed by atoms with Crippen LogP contribution >= 0.6 is 11.3 Å². The molecule has 0 atom stereocenters. The van der Waals surface area contributed by atoms with Crippen molar-refractivity contribution in [1.82, 2.24) is 25.4 Å². The molecule has 0 radical (unpaired) electrons. The van der Waals surface area contributed by atoms with Crippen LogP contribution in [0.25, 0.3) is 11.3 Å². The molecule has 0 saturated carbocycles. The number of guanidine groups is 1. The number of aliphatic imine (C=N–C) groups is 1. The number of thiazole rings is 1. The van der Waals surface area contributed by atoms with Crippen molar-refractivity contribution in [3.63, 3.8) is 0 Å². The van der Waals surface area contributed by atoms with Gasteiger partial charge in [0.05, 0.1) is 17.9 Å². The summed E-state index contributed by atoms with van der Waals surface area (Å²) in [6.45, 7) is 6.51. The summed E-state index contributed by atoms with van der Waals surface area (Å²) in [6, 6.07) is 12.3. The third kappa shape index (κ3) is 5.40. The summed E-state index contributed by atoms with van der Waals surface area (Å²) in [7, 11) is 1.79. The number of benzene rings is 1. The molecule has 3 aromatic rings. The summed E-state index contributed by atoms with van der Waals surface area (Å²) in [5.74, 6) is 0.792. The Hall–Kier alpha value is -2.67. The standard InChI is InChI=1S/C20H26N6S/c1-15-12-16(2)26(25-15)11-7-10-22-20(21-3)23-13-19-24-18(14-27-19)17-8-5-4-6-9-17/h4-6,8-9,12,14H,7,10-11,13H2,1-3H3,(H2,21,22,23). The Bertz CT molecular complexity index is 881. The highest BCUT2D eigenvalue weighted by molar-refractivity contribution is 7.09. The van der Waals surface area contributed by atoms with Crippen LogP contribution in [0.2, 0.25) is 0 Å². The van der Waals surface area contributed by atoms with Crippen molar-refractivity contribution >= 4 is 17.3 Å². The maximum atomic E-state index is 4.70. The van der Waals surface area contributed by atoms with Crippen LogP contribution < -0.4 is 10.6 Å². The zero-order valence-corrected chi connectivity index (χ0v) is 16.9. The van der Waals surface area contributed by atoms with Gasteiger partial charge in [-0.1, -0.05) is 30.3 Å². The number of nitrogens with one attached hydrogen (secondary N) is 2. The summed E-state index contributed by atoms with van der Waals surface area (Å²) in [5.41, 5.74) is 4.43. The van der Waals surface area contributed by atoms with Crippen LogP contribution in [-0.4, -0.2) is 34.3 Å². The zero-order valence-electron chi connectivity index (χ0n) is 16.1. The summed E-state index contributed by atoms with van der Waals surface area (Å²) < 4.78 is 2.05. The van der Waals surface area contributed by atoms with E-state index in [2.05, 4.69) is 51.2 Å². The van der Waals surface area contributed by atoms with E-state index in [1.54, 1.807) is 18.4 Å². The van der Waals surface area contributed by atoms with Gasteiger partial charge in [0.2, 0.25) is 0 Å². The van der Waals surface area contributed by atoms with Crippen molar-refractivity contribution < 1.29 is 0 Å². The highest BCUT2D eigenvalue weighted by Gasteiger charge is 2.05. The van der Waals surface area contributed by atoms with Gasteiger partial charge in [-0.25, -0.2) is 4.98 Å². The first-order valence-electron chi connectivity index (χ1n) is 9.11. The lowest BCUT2D eigenvalue weighted by molar-refractivity contribution is 0.555. The first-order valence-corrected chi connectivity index (χ1v) is 9.99. The van der Waals surface area contributed by atoms with E-state index in [1.807, 2.05) is 29.8 Å². The lowest BCUT2D eigenvalue weighted by Crippen LogP contribution is -2.37. The van der Waals surface area contributed by atoms with Gasteiger partial charge in [-0.3, -0.25) is 9.67 Å². The van der Waals surface area contributed by atoms with Crippen LogP contribution in [-0.2, 0) is 13.1 Å². The molecular formula is C20H26N6S. The van der Waals surface area contributed by atoms with Crippen LogP contribution in [0, 0.1) is 13.8 Å². The number of nitrogens with zero attached hydrogens (tertiary/aromatic N) is 4. The zero-order chi connectivity index (χ0) is 19.1. The minimum atomic E-state index is 0.661. The fraction of sp³-hybridized carbons (Fsp3) is 0.350. The molecule has 0 saturated heterocycles. The van der Waals surface area contributed by atoms with Crippen molar-refractivity contribution in [2.45, 2.75) is 33.4 Å². The first kappa shape index (κ1) is 19.1. The second kappa shape index (κ2) is 9.32. The van der Waals surface area contributed by atoms with Gasteiger partial charge < -0.3 is 10.6 Å². The van der Waals surface area contributed by atoms with Crippen molar-refractivity contribution in [3.8, 4) is 11.3 Å². The summed E-state index contributed by atoms with van der Waals surface area (Å²) in [5, 5.41) is 14.3. The second-order valence-electron chi connectivity index (χ2n) is 6.35. The van der Waals surface area contributed by atoms with E-state index >= 15 is 0 Å². The van der Waals surface area contributed by atoms with E-state index in [0.29, 0.717) is 6.54 Å². The minimum absolute atomic E-state index is 0.661. The molecule has 6 nitrogen and oxygen atoms in total. The first-order chi connectivity index (χ1) is 13.2. The quantitative estimate of drug-likeness (QED) is 0.373. The average molecular weight is 383 g/mol. The third-order valence-electron chi connectivity index (χ3n) is 4.19. The maximum absolute atomic E-state index is 4.70. The lowest BCUT2D eigenvalue weighted by atomic mass is 10.2. The predicted octanol–water partition coefficient (Wildman–Crippen LogP) is 3.38. The van der Waals surface area contributed by atoms with Gasteiger partial charge in [0.1, 0.15) is 5.01 Å². The number of aromatic nitrogens is 3. The maximum Gasteiger partial charge on any atom is 0.191 e. The highest BCUT2D eigenvalue weighted by atomic mass is 32.1. The molecule has 7 heteroatoms. The largest absolute Gasteiger partial charge is 0.356 e. The Morgan fingerprint density at radius 2 is 2.00 bits per heavy atom. The molecule has 27 heavy (non-hydrogen) atoms. The monoisotopic (exact) mass is 382 g/mol. The Morgan fingerprint density at radius 3 is 2.70 bits per heavy atom. The Labute approximate surface area is 164 Å². The van der Waals surface area contributed by atoms with E-state index in [9.17, 15) is 0 Å². The molecule has 0 amide bonds. The van der Waals surface area contributed by atoms with E-state index in [4.69, 9.17) is 4.98 Å². The lowest BCUT2D eigenvalue weighted by Gasteiger charge is -2.11. The number of aryl methyl sites for hydroxylation is 3. The van der Waals surface area contributed by atoms with Crippen molar-refractivity contribution in [1.29, 1.82) is 0 Å². The van der Waals surface area contributed by atoms with E-state index < -0.39 is 0 Å². The van der Waals surface area contributed by atoms with E-state index in [1.165, 1.54) is 5.69 Å². The molecule has 0 fully saturated rings. The van der Waals surface area contributed by atoms with Gasteiger partial charge in [0, 0.05) is 36.8 Å². The molecule has 0 aliphatic carbocycles. The normalized spacial score (nSPS) is 11.6. The van der Waals surface area contributed by atoms with Crippen LogP contribution in [0.15, 0.2) is 46.8 Å². The Balaban J connectivity index is 1.43. The van der Waals surface area contributed by atoms with Gasteiger partial charge in [-0.2, -0.15) is 5.10 Å². The number of hydrogen-bond acceptors (Lipinski definition) is 4. The van der Waals surface area contributed by atoms with Crippen LogP contribution in [0.4, 0.5) is 0 Å². The minimum Gasteiger partial charge on any atom is -0.356 e. The van der Waals surface area contributed by atoms with Gasteiger partial charge in [-0.05, 0) is 26.3 Å². The van der Waals surface area contributed by atoms with Gasteiger partial charge in [0.25, 0.3) is 0 Å². The summed E-state index contributed by atoms with van der Waals surface area (Å²) in [6.07, 6.45) is 0.984. The SMILES string of the molecule is CN=C(NCCCn1nc(C)cc1C)NCc1nc(-c2ccccc2)cs1. The van der Waals surface area contributed by atoms with E-state index in [-0.39, 0.29) is 0 Å². The molecule has 1 aromatic carbocycles. The molecule has 2 N–H and O–H groups in total. The van der Waals surface area contributed by atoms with Crippen molar-refractivity contribution in [3.05, 3.63) is 58.2 Å². The predicted molar refractivity (Wildman–Crippen MR) is 112 cm³/mol. The fourth-order valence-electron chi connectivity index (χ4n) is 2.85. The molecule has 0 aliphatic heterocycles. The number of rotatable bonds is 7. The van der Waals surface area contributed by atoms with Crippen LogP contribution in [0.3, 0.4) is 0 Å². The fourth-order valence-corrected chi connectivity index (χ4v) is 3.59. The molecule has 0 unspecified atom stereocenters. The Morgan fingerprint density at radius 1 is 1.19 bits per heavy atom. The molecule has 0 spiro atoms. The van der Waals surface area contributed by atoms with E-state index in [0.717, 1.165) is 47.4 Å². The molecule has 2 aromatic heterocycles. The van der Waals surface area contributed by atoms with Crippen molar-refractivity contribution in [2.75, 3.05) is 13.6 Å². The highest BCUT2D eigenvalue weighted by Crippen LogP contribution is 2.21. The smallest absolute Gasteiger partial charge is 0.191 e. The van der Waals surface area contributed by atoms with Crippen LogP contribution in [0.1, 0.15) is 22.8 Å². The van der Waals surface area contributed by atoms with Gasteiger partial charge in [-0.15, -0.1) is 11.3 Å². The molecular weight excluding hydrogens is 356 g/mol. The van der Waals surface area contributed by atoms with Crippen LogP contribution in [0.5, 0.6) is 0 Å². The second-order valence-corrected chi connectivity index (χ2v) is 7.29.